The molecule has 114 valence electrons. The monoisotopic (exact) mass is 287 g/mol. The molecule has 0 fully saturated rings. The van der Waals surface area contributed by atoms with Crippen LogP contribution in [-0.4, -0.2) is 19.7 Å². The molecule has 0 aliphatic carbocycles. The second-order valence-corrected chi connectivity index (χ2v) is 6.08. The van der Waals surface area contributed by atoms with Gasteiger partial charge in [0.15, 0.2) is 0 Å². The number of hydrogen-bond donors (Lipinski definition) is 1. The fraction of sp³-hybridized carbons (Fsp3) is 0.562. The molecule has 0 saturated carbocycles. The maximum Gasteiger partial charge on any atom is 0.133 e. The molecular formula is C16H25N5. The summed E-state index contributed by atoms with van der Waals surface area (Å²) in [6.45, 7) is 11.3. The van der Waals surface area contributed by atoms with Crippen LogP contribution in [0.1, 0.15) is 62.3 Å². The zero-order valence-corrected chi connectivity index (χ0v) is 13.8. The van der Waals surface area contributed by atoms with E-state index in [2.05, 4.69) is 55.0 Å². The summed E-state index contributed by atoms with van der Waals surface area (Å²) in [6, 6.07) is 2.04. The van der Waals surface area contributed by atoms with Crippen LogP contribution in [0.2, 0.25) is 0 Å². The predicted octanol–water partition coefficient (Wildman–Crippen LogP) is 3.38. The van der Waals surface area contributed by atoms with Crippen molar-refractivity contribution in [3.05, 3.63) is 35.0 Å². The number of nitrogens with one attached hydrogen (secondary N) is 1. The summed E-state index contributed by atoms with van der Waals surface area (Å²) in [5.41, 5.74) is 3.44. The van der Waals surface area contributed by atoms with E-state index in [9.17, 15) is 0 Å². The van der Waals surface area contributed by atoms with E-state index in [0.29, 0.717) is 11.8 Å². The van der Waals surface area contributed by atoms with Gasteiger partial charge < -0.3 is 5.32 Å². The maximum atomic E-state index is 4.64. The van der Waals surface area contributed by atoms with Gasteiger partial charge in [0, 0.05) is 42.5 Å². The first-order chi connectivity index (χ1) is 9.88. The lowest BCUT2D eigenvalue weighted by atomic mass is 10.1. The van der Waals surface area contributed by atoms with Gasteiger partial charge in [-0.05, 0) is 12.8 Å². The lowest BCUT2D eigenvalue weighted by molar-refractivity contribution is 0.729. The predicted molar refractivity (Wildman–Crippen MR) is 85.5 cm³/mol. The standard InChI is InChI=1S/C16H25N5/c1-10(2)14-7-15(20-16(19-14)11(3)4)17-8-13-9-18-21(6)12(13)5/h7,9-11H,8H2,1-6H3,(H,17,19,20). The quantitative estimate of drug-likeness (QED) is 0.916. The first kappa shape index (κ1) is 15.5. The van der Waals surface area contributed by atoms with E-state index in [1.807, 2.05) is 24.0 Å². The van der Waals surface area contributed by atoms with Gasteiger partial charge in [0.25, 0.3) is 0 Å². The lowest BCUT2D eigenvalue weighted by Crippen LogP contribution is -2.09. The van der Waals surface area contributed by atoms with Crippen LogP contribution in [0.15, 0.2) is 12.3 Å². The third-order valence-corrected chi connectivity index (χ3v) is 3.67. The van der Waals surface area contributed by atoms with E-state index >= 15 is 0 Å². The van der Waals surface area contributed by atoms with E-state index in [1.165, 1.54) is 11.3 Å². The molecule has 0 radical (unpaired) electrons. The summed E-state index contributed by atoms with van der Waals surface area (Å²) in [7, 11) is 1.96. The topological polar surface area (TPSA) is 55.6 Å². The molecule has 1 N–H and O–H groups in total. The zero-order chi connectivity index (χ0) is 15.6. The Labute approximate surface area is 126 Å². The van der Waals surface area contributed by atoms with Gasteiger partial charge in [-0.1, -0.05) is 27.7 Å². The molecule has 0 spiro atoms. The Kier molecular flexibility index (Phi) is 4.60. The molecule has 2 heterocycles. The van der Waals surface area contributed by atoms with E-state index in [0.717, 1.165) is 23.9 Å². The second-order valence-electron chi connectivity index (χ2n) is 6.08. The molecule has 5 heteroatoms. The van der Waals surface area contributed by atoms with Crippen molar-refractivity contribution in [3.8, 4) is 0 Å². The maximum absolute atomic E-state index is 4.64. The van der Waals surface area contributed by atoms with E-state index in [-0.39, 0.29) is 0 Å². The lowest BCUT2D eigenvalue weighted by Gasteiger charge is -2.13. The van der Waals surface area contributed by atoms with Gasteiger partial charge in [-0.2, -0.15) is 5.10 Å². The summed E-state index contributed by atoms with van der Waals surface area (Å²) in [6.07, 6.45) is 1.90. The third-order valence-electron chi connectivity index (χ3n) is 3.67. The van der Waals surface area contributed by atoms with Gasteiger partial charge in [-0.25, -0.2) is 9.97 Å². The van der Waals surface area contributed by atoms with Crippen molar-refractivity contribution in [3.63, 3.8) is 0 Å². The fourth-order valence-electron chi connectivity index (χ4n) is 2.03. The Balaban J connectivity index is 2.21. The average molecular weight is 287 g/mol. The van der Waals surface area contributed by atoms with Crippen LogP contribution >= 0.6 is 0 Å². The Morgan fingerprint density at radius 3 is 2.38 bits per heavy atom. The highest BCUT2D eigenvalue weighted by Crippen LogP contribution is 2.20. The molecule has 21 heavy (non-hydrogen) atoms. The molecule has 0 aliphatic heterocycles. The highest BCUT2D eigenvalue weighted by Gasteiger charge is 2.11. The minimum Gasteiger partial charge on any atom is -0.366 e. The molecule has 0 aromatic carbocycles. The van der Waals surface area contributed by atoms with Gasteiger partial charge in [-0.3, -0.25) is 4.68 Å². The van der Waals surface area contributed by atoms with Crippen LogP contribution in [0.25, 0.3) is 0 Å². The summed E-state index contributed by atoms with van der Waals surface area (Å²) in [4.78, 5) is 9.26. The van der Waals surface area contributed by atoms with Crippen LogP contribution in [0.3, 0.4) is 0 Å². The Bertz CT molecular complexity index is 587. The van der Waals surface area contributed by atoms with E-state index < -0.39 is 0 Å². The minimum atomic E-state index is 0.323. The van der Waals surface area contributed by atoms with Crippen LogP contribution in [0.5, 0.6) is 0 Å². The van der Waals surface area contributed by atoms with Crippen LogP contribution < -0.4 is 5.32 Å². The van der Waals surface area contributed by atoms with Crippen molar-refractivity contribution in [1.29, 1.82) is 0 Å². The Morgan fingerprint density at radius 1 is 1.14 bits per heavy atom. The SMILES string of the molecule is Cc1c(CNc2cc(C(C)C)nc(C(C)C)n2)cnn1C. The molecule has 2 rings (SSSR count). The molecule has 0 aliphatic rings. The third kappa shape index (κ3) is 3.60. The van der Waals surface area contributed by atoms with Crippen molar-refractivity contribution >= 4 is 5.82 Å². The molecule has 2 aromatic rings. The molecule has 0 atom stereocenters. The number of nitrogens with zero attached hydrogens (tertiary/aromatic N) is 4. The molecular weight excluding hydrogens is 262 g/mol. The Morgan fingerprint density at radius 2 is 1.86 bits per heavy atom. The van der Waals surface area contributed by atoms with Gasteiger partial charge in [0.2, 0.25) is 0 Å². The van der Waals surface area contributed by atoms with Crippen molar-refractivity contribution < 1.29 is 0 Å². The fourth-order valence-corrected chi connectivity index (χ4v) is 2.03. The van der Waals surface area contributed by atoms with E-state index in [4.69, 9.17) is 0 Å². The van der Waals surface area contributed by atoms with Gasteiger partial charge in [-0.15, -0.1) is 0 Å². The van der Waals surface area contributed by atoms with Gasteiger partial charge in [0.1, 0.15) is 11.6 Å². The normalized spacial score (nSPS) is 11.4. The van der Waals surface area contributed by atoms with Gasteiger partial charge >= 0.3 is 0 Å². The number of anilines is 1. The van der Waals surface area contributed by atoms with Crippen molar-refractivity contribution in [2.45, 2.75) is 53.0 Å². The van der Waals surface area contributed by atoms with Crippen LogP contribution in [-0.2, 0) is 13.6 Å². The number of aryl methyl sites for hydroxylation is 1. The summed E-state index contributed by atoms with van der Waals surface area (Å²) in [5, 5.41) is 7.67. The molecule has 0 bridgehead atoms. The molecule has 5 nitrogen and oxygen atoms in total. The second kappa shape index (κ2) is 6.24. The molecule has 0 saturated heterocycles. The zero-order valence-electron chi connectivity index (χ0n) is 13.8. The highest BCUT2D eigenvalue weighted by molar-refractivity contribution is 5.38. The van der Waals surface area contributed by atoms with Crippen molar-refractivity contribution in [1.82, 2.24) is 19.7 Å². The molecule has 0 amide bonds. The number of aromatic nitrogens is 4. The summed E-state index contributed by atoms with van der Waals surface area (Å²) >= 11 is 0. The average Bonchev–Trinajstić information content (AvgIpc) is 2.76. The van der Waals surface area contributed by atoms with Gasteiger partial charge in [0.05, 0.1) is 6.20 Å². The Hall–Kier alpha value is -1.91. The molecule has 2 aromatic heterocycles. The smallest absolute Gasteiger partial charge is 0.133 e. The largest absolute Gasteiger partial charge is 0.366 e. The number of hydrogen-bond acceptors (Lipinski definition) is 4. The number of rotatable bonds is 5. The van der Waals surface area contributed by atoms with Crippen molar-refractivity contribution in [2.75, 3.05) is 5.32 Å². The first-order valence-electron chi connectivity index (χ1n) is 7.48. The van der Waals surface area contributed by atoms with Crippen LogP contribution in [0.4, 0.5) is 5.82 Å². The summed E-state index contributed by atoms with van der Waals surface area (Å²) in [5.74, 6) is 2.50. The van der Waals surface area contributed by atoms with E-state index in [1.54, 1.807) is 0 Å². The minimum absolute atomic E-state index is 0.323. The van der Waals surface area contributed by atoms with Crippen LogP contribution in [0, 0.1) is 6.92 Å². The molecule has 0 unspecified atom stereocenters. The highest BCUT2D eigenvalue weighted by atomic mass is 15.3. The summed E-state index contributed by atoms with van der Waals surface area (Å²) < 4.78 is 1.89. The first-order valence-corrected chi connectivity index (χ1v) is 7.48. The van der Waals surface area contributed by atoms with Crippen molar-refractivity contribution in [2.24, 2.45) is 7.05 Å².